The first-order chi connectivity index (χ1) is 12.8. The number of rotatable bonds is 8. The number of hydrogen-bond acceptors (Lipinski definition) is 4. The summed E-state index contributed by atoms with van der Waals surface area (Å²) >= 11 is 0. The van der Waals surface area contributed by atoms with Crippen LogP contribution in [0.1, 0.15) is 39.5 Å². The molecule has 0 radical (unpaired) electrons. The van der Waals surface area contributed by atoms with Gasteiger partial charge in [-0.2, -0.15) is 19.4 Å². The number of benzene rings is 1. The van der Waals surface area contributed by atoms with Crippen LogP contribution < -0.4 is 9.80 Å². The average Bonchev–Trinajstić information content (AvgIpc) is 3.36. The predicted molar refractivity (Wildman–Crippen MR) is 104 cm³/mol. The maximum absolute atomic E-state index is 7.50. The van der Waals surface area contributed by atoms with Crippen LogP contribution in [0.3, 0.4) is 0 Å². The summed E-state index contributed by atoms with van der Waals surface area (Å²) in [7, 11) is 0. The molecule has 0 bridgehead atoms. The van der Waals surface area contributed by atoms with Crippen LogP contribution in [0, 0.1) is 26.1 Å². The van der Waals surface area contributed by atoms with E-state index in [4.69, 9.17) is 4.65 Å². The number of anilines is 2. The van der Waals surface area contributed by atoms with Gasteiger partial charge in [-0.1, -0.05) is 26.7 Å². The molecule has 0 saturated heterocycles. The molecule has 0 aromatic heterocycles. The normalized spacial score (nSPS) is 15.0. The number of unbranched alkanes of at least 4 members (excludes halogenated alkanes) is 2. The van der Waals surface area contributed by atoms with Gasteiger partial charge in [0, 0.05) is 21.1 Å². The minimum atomic E-state index is 0. The molecule has 150 valence electrons. The Bertz CT molecular complexity index is 584. The molecule has 0 N–H and O–H groups in total. The quantitative estimate of drug-likeness (QED) is 0.356. The fraction of sp³-hybridized carbons (Fsp3) is 0.381. The van der Waals surface area contributed by atoms with Gasteiger partial charge in [0.05, 0.1) is 0 Å². The maximum Gasteiger partial charge on any atom is 0 e. The van der Waals surface area contributed by atoms with E-state index in [2.05, 4.69) is 103 Å². The molecule has 0 atom stereocenters. The summed E-state index contributed by atoms with van der Waals surface area (Å²) in [4.78, 5) is 8.73. The van der Waals surface area contributed by atoms with Crippen LogP contribution >= 0.6 is 0 Å². The molecule has 0 amide bonds. The molecule has 0 aliphatic carbocycles. The summed E-state index contributed by atoms with van der Waals surface area (Å²) in [5.41, 5.74) is 2.13. The topological polar surface area (TPSA) is 32.9 Å². The van der Waals surface area contributed by atoms with Gasteiger partial charge in [0.15, 0.2) is 0 Å². The van der Waals surface area contributed by atoms with E-state index in [0.29, 0.717) is 0 Å². The van der Waals surface area contributed by atoms with Crippen LogP contribution in [0.25, 0.3) is 0 Å². The van der Waals surface area contributed by atoms with Crippen molar-refractivity contribution in [1.82, 2.24) is 9.80 Å². The van der Waals surface area contributed by atoms with E-state index in [-0.39, 0.29) is 21.1 Å². The molecule has 0 spiro atoms. The van der Waals surface area contributed by atoms with Gasteiger partial charge in [-0.3, -0.25) is 0 Å². The second-order valence-corrected chi connectivity index (χ2v) is 6.25. The van der Waals surface area contributed by atoms with Crippen LogP contribution in [0.5, 0.6) is 0 Å². The van der Waals surface area contributed by atoms with Crippen molar-refractivity contribution in [1.29, 1.82) is 0 Å². The summed E-state index contributed by atoms with van der Waals surface area (Å²) in [6.45, 7) is 15.4. The van der Waals surface area contributed by atoms with Crippen LogP contribution in [0.4, 0.5) is 11.4 Å². The van der Waals surface area contributed by atoms with Gasteiger partial charge in [0.1, 0.15) is 0 Å². The zero-order valence-corrected chi connectivity index (χ0v) is 18.2. The minimum Gasteiger partial charge on any atom is 0 e. The van der Waals surface area contributed by atoms with Crippen molar-refractivity contribution < 1.29 is 25.7 Å². The summed E-state index contributed by atoms with van der Waals surface area (Å²) in [6, 6.07) is 9.81. The molecule has 2 aliphatic heterocycles. The maximum atomic E-state index is 7.50. The first-order valence-corrected chi connectivity index (χ1v) is 9.17. The number of nitrogens with zero attached hydrogens (tertiary/aromatic N) is 4. The van der Waals surface area contributed by atoms with Crippen molar-refractivity contribution in [2.24, 2.45) is 0 Å². The first kappa shape index (κ1) is 23.4. The number of hydrogen-bond donors (Lipinski definition) is 0. The fourth-order valence-corrected chi connectivity index (χ4v) is 2.77. The zero-order valence-electron chi connectivity index (χ0n) is 16.0. The Labute approximate surface area is 178 Å². The summed E-state index contributed by atoms with van der Waals surface area (Å²) in [6.07, 6.45) is 13.3. The van der Waals surface area contributed by atoms with Gasteiger partial charge in [-0.15, -0.1) is 29.6 Å². The molecule has 0 unspecified atom stereocenters. The third kappa shape index (κ3) is 6.77. The van der Waals surface area contributed by atoms with Crippen molar-refractivity contribution >= 4 is 11.4 Å². The standard InChI is InChI=1S/C20H27N4.CO.Pt/c1-3-5-10-21-12-14-23(17-21)19-8-7-9-20(16-19)24-15-13-22(18-24)11-6-4-2;1-2;/h7-9,12-15,17-18H,3-6,10-11H2,1-2H3;;/q-3;;. The van der Waals surface area contributed by atoms with E-state index in [1.54, 1.807) is 0 Å². The van der Waals surface area contributed by atoms with E-state index >= 15 is 0 Å². The third-order valence-corrected chi connectivity index (χ3v) is 4.24. The van der Waals surface area contributed by atoms with Gasteiger partial charge < -0.3 is 19.6 Å². The second-order valence-electron chi connectivity index (χ2n) is 6.25. The SMILES string of the molecule is CCCCN1C=CN(c2[c-]c(N3C=CN(CCCC)[CH-]3)ccc2)[CH-]1.[C-]#[O+].[Pt]. The van der Waals surface area contributed by atoms with Crippen LogP contribution in [0.2, 0.25) is 0 Å². The molecule has 2 heterocycles. The van der Waals surface area contributed by atoms with Gasteiger partial charge in [0.2, 0.25) is 0 Å². The summed E-state index contributed by atoms with van der Waals surface area (Å²) in [5.74, 6) is 0. The fourth-order valence-electron chi connectivity index (χ4n) is 2.77. The van der Waals surface area contributed by atoms with E-state index in [0.717, 1.165) is 24.5 Å². The minimum absolute atomic E-state index is 0. The van der Waals surface area contributed by atoms with Crippen molar-refractivity contribution in [3.8, 4) is 0 Å². The smallest absolute Gasteiger partial charge is 0 e. The van der Waals surface area contributed by atoms with Gasteiger partial charge in [-0.25, -0.2) is 0 Å². The van der Waals surface area contributed by atoms with Crippen molar-refractivity contribution in [3.05, 3.63) is 69.1 Å². The van der Waals surface area contributed by atoms with Gasteiger partial charge in [-0.05, 0) is 50.7 Å². The molecule has 2 aliphatic rings. The molecular formula is C21H27N4OPt-3. The molecule has 5 nitrogen and oxygen atoms in total. The Morgan fingerprint density at radius 1 is 0.852 bits per heavy atom. The van der Waals surface area contributed by atoms with Crippen molar-refractivity contribution in [2.45, 2.75) is 39.5 Å². The van der Waals surface area contributed by atoms with Gasteiger partial charge in [0.25, 0.3) is 0 Å². The van der Waals surface area contributed by atoms with Gasteiger partial charge >= 0.3 is 11.3 Å². The van der Waals surface area contributed by atoms with E-state index < -0.39 is 0 Å². The van der Waals surface area contributed by atoms with Crippen molar-refractivity contribution in [3.63, 3.8) is 0 Å². The predicted octanol–water partition coefficient (Wildman–Crippen LogP) is 4.47. The monoisotopic (exact) mass is 546 g/mol. The Morgan fingerprint density at radius 3 is 1.70 bits per heavy atom. The zero-order chi connectivity index (χ0) is 18.8. The summed E-state index contributed by atoms with van der Waals surface area (Å²) in [5, 5.41) is 0. The summed E-state index contributed by atoms with van der Waals surface area (Å²) < 4.78 is 7.50. The molecule has 0 saturated carbocycles. The average molecular weight is 547 g/mol. The van der Waals surface area contributed by atoms with Crippen LogP contribution in [0.15, 0.2) is 43.0 Å². The second kappa shape index (κ2) is 12.7. The van der Waals surface area contributed by atoms with E-state index in [9.17, 15) is 0 Å². The van der Waals surface area contributed by atoms with E-state index in [1.165, 1.54) is 25.7 Å². The molecular weight excluding hydrogens is 519 g/mol. The molecule has 6 heteroatoms. The Hall–Kier alpha value is -1.67. The Morgan fingerprint density at radius 2 is 1.30 bits per heavy atom. The Balaban J connectivity index is 0.00000118. The molecule has 0 fully saturated rings. The molecule has 3 rings (SSSR count). The van der Waals surface area contributed by atoms with E-state index in [1.807, 2.05) is 0 Å². The first-order valence-electron chi connectivity index (χ1n) is 9.17. The van der Waals surface area contributed by atoms with Crippen LogP contribution in [-0.2, 0) is 25.7 Å². The molecule has 1 aromatic rings. The van der Waals surface area contributed by atoms with Crippen molar-refractivity contribution in [2.75, 3.05) is 22.9 Å². The molecule has 27 heavy (non-hydrogen) atoms. The van der Waals surface area contributed by atoms with Crippen LogP contribution in [-0.4, -0.2) is 22.9 Å². The third-order valence-electron chi connectivity index (χ3n) is 4.24. The largest absolute Gasteiger partial charge is 0 e. The molecule has 1 aromatic carbocycles. The Kier molecular flexibility index (Phi) is 11.0.